The summed E-state index contributed by atoms with van der Waals surface area (Å²) in [5.74, 6) is 0.497. The van der Waals surface area contributed by atoms with Crippen molar-refractivity contribution in [3.63, 3.8) is 0 Å². The monoisotopic (exact) mass is 466 g/mol. The van der Waals surface area contributed by atoms with Crippen LogP contribution in [0, 0.1) is 0 Å². The first-order chi connectivity index (χ1) is 16.5. The molecule has 0 aliphatic carbocycles. The topological polar surface area (TPSA) is 91.4 Å². The van der Waals surface area contributed by atoms with Crippen LogP contribution in [0.1, 0.15) is 16.8 Å². The number of anilines is 1. The molecular formula is C25H30N4O5. The van der Waals surface area contributed by atoms with Crippen molar-refractivity contribution in [2.24, 2.45) is 0 Å². The largest absolute Gasteiger partial charge is 0.497 e. The standard InChI is InChI=1S/C25H30N4O5/c1-33-19-9-7-18(8-10-19)27-13-15-28(16-14-27)23(30)17-21-24(31)26-11-12-29(21)25(32)20-5-3-4-6-22(20)34-2/h3-10,21H,11-17H2,1-2H3,(H,26,31)/t21-/m1/s1. The first-order valence-corrected chi connectivity index (χ1v) is 11.4. The van der Waals surface area contributed by atoms with Gasteiger partial charge in [-0.1, -0.05) is 12.1 Å². The molecule has 4 rings (SSSR count). The van der Waals surface area contributed by atoms with Gasteiger partial charge in [-0.3, -0.25) is 14.4 Å². The van der Waals surface area contributed by atoms with Crippen LogP contribution < -0.4 is 19.7 Å². The van der Waals surface area contributed by atoms with Gasteiger partial charge in [-0.25, -0.2) is 0 Å². The summed E-state index contributed by atoms with van der Waals surface area (Å²) < 4.78 is 10.5. The van der Waals surface area contributed by atoms with Crippen molar-refractivity contribution in [3.8, 4) is 11.5 Å². The number of benzene rings is 2. The molecule has 9 heteroatoms. The molecule has 9 nitrogen and oxygen atoms in total. The van der Waals surface area contributed by atoms with Gasteiger partial charge in [-0.2, -0.15) is 0 Å². The highest BCUT2D eigenvalue weighted by atomic mass is 16.5. The van der Waals surface area contributed by atoms with Crippen molar-refractivity contribution in [1.29, 1.82) is 0 Å². The Hall–Kier alpha value is -3.75. The molecular weight excluding hydrogens is 436 g/mol. The predicted octanol–water partition coefficient (Wildman–Crippen LogP) is 1.38. The van der Waals surface area contributed by atoms with E-state index in [1.807, 2.05) is 24.3 Å². The maximum Gasteiger partial charge on any atom is 0.258 e. The Labute approximate surface area is 199 Å². The minimum Gasteiger partial charge on any atom is -0.497 e. The fourth-order valence-electron chi connectivity index (χ4n) is 4.44. The molecule has 1 N–H and O–H groups in total. The molecule has 2 heterocycles. The van der Waals surface area contributed by atoms with Gasteiger partial charge in [0.25, 0.3) is 5.91 Å². The van der Waals surface area contributed by atoms with E-state index in [1.54, 1.807) is 36.3 Å². The Bertz CT molecular complexity index is 1030. The molecule has 2 saturated heterocycles. The van der Waals surface area contributed by atoms with Crippen molar-refractivity contribution >= 4 is 23.4 Å². The van der Waals surface area contributed by atoms with E-state index in [2.05, 4.69) is 10.2 Å². The van der Waals surface area contributed by atoms with Gasteiger partial charge in [0.15, 0.2) is 0 Å². The van der Waals surface area contributed by atoms with Gasteiger partial charge in [-0.15, -0.1) is 0 Å². The van der Waals surface area contributed by atoms with Crippen molar-refractivity contribution in [3.05, 3.63) is 54.1 Å². The third kappa shape index (κ3) is 4.93. The molecule has 1 atom stereocenters. The summed E-state index contributed by atoms with van der Waals surface area (Å²) in [6, 6.07) is 13.9. The van der Waals surface area contributed by atoms with Crippen LogP contribution in [0.3, 0.4) is 0 Å². The van der Waals surface area contributed by atoms with Crippen LogP contribution in [0.2, 0.25) is 0 Å². The van der Waals surface area contributed by atoms with Gasteiger partial charge in [-0.05, 0) is 36.4 Å². The van der Waals surface area contributed by atoms with E-state index in [9.17, 15) is 14.4 Å². The lowest BCUT2D eigenvalue weighted by Crippen LogP contribution is -2.59. The molecule has 0 aromatic heterocycles. The molecule has 2 aliphatic heterocycles. The van der Waals surface area contributed by atoms with Crippen LogP contribution in [0.4, 0.5) is 5.69 Å². The third-order valence-corrected chi connectivity index (χ3v) is 6.37. The minimum atomic E-state index is -0.849. The van der Waals surface area contributed by atoms with Gasteiger partial charge in [0.1, 0.15) is 17.5 Å². The molecule has 2 aromatic rings. The molecule has 34 heavy (non-hydrogen) atoms. The second kappa shape index (κ2) is 10.5. The van der Waals surface area contributed by atoms with Crippen LogP contribution >= 0.6 is 0 Å². The lowest BCUT2D eigenvalue weighted by molar-refractivity contribution is -0.138. The molecule has 0 unspecified atom stereocenters. The quantitative estimate of drug-likeness (QED) is 0.692. The third-order valence-electron chi connectivity index (χ3n) is 6.37. The fourth-order valence-corrected chi connectivity index (χ4v) is 4.44. The normalized spacial score (nSPS) is 18.4. The van der Waals surface area contributed by atoms with E-state index >= 15 is 0 Å². The molecule has 180 valence electrons. The number of para-hydroxylation sites is 1. The van der Waals surface area contributed by atoms with Gasteiger partial charge in [0, 0.05) is 45.0 Å². The Kier molecular flexibility index (Phi) is 7.20. The summed E-state index contributed by atoms with van der Waals surface area (Å²) in [6.07, 6.45) is -0.0464. The average molecular weight is 467 g/mol. The Balaban J connectivity index is 1.40. The van der Waals surface area contributed by atoms with Gasteiger partial charge >= 0.3 is 0 Å². The number of hydrogen-bond donors (Lipinski definition) is 1. The first kappa shape index (κ1) is 23.4. The number of piperazine rings is 2. The highest BCUT2D eigenvalue weighted by Gasteiger charge is 2.37. The number of carbonyl (C=O) groups is 3. The maximum absolute atomic E-state index is 13.3. The van der Waals surface area contributed by atoms with E-state index in [-0.39, 0.29) is 24.1 Å². The van der Waals surface area contributed by atoms with Crippen molar-refractivity contribution < 1.29 is 23.9 Å². The summed E-state index contributed by atoms with van der Waals surface area (Å²) in [5.41, 5.74) is 1.46. The highest BCUT2D eigenvalue weighted by Crippen LogP contribution is 2.24. The van der Waals surface area contributed by atoms with Gasteiger partial charge < -0.3 is 29.5 Å². The number of nitrogens with zero attached hydrogens (tertiary/aromatic N) is 3. The lowest BCUT2D eigenvalue weighted by Gasteiger charge is -2.39. The van der Waals surface area contributed by atoms with E-state index in [4.69, 9.17) is 9.47 Å². The van der Waals surface area contributed by atoms with E-state index in [0.29, 0.717) is 50.6 Å². The zero-order valence-electron chi connectivity index (χ0n) is 19.5. The van der Waals surface area contributed by atoms with Crippen molar-refractivity contribution in [2.45, 2.75) is 12.5 Å². The summed E-state index contributed by atoms with van der Waals surface area (Å²) in [6.45, 7) is 3.19. The predicted molar refractivity (Wildman–Crippen MR) is 127 cm³/mol. The van der Waals surface area contributed by atoms with Crippen LogP contribution in [-0.2, 0) is 9.59 Å². The maximum atomic E-state index is 13.3. The summed E-state index contributed by atoms with van der Waals surface area (Å²) >= 11 is 0. The van der Waals surface area contributed by atoms with E-state index < -0.39 is 6.04 Å². The minimum absolute atomic E-state index is 0.0464. The number of hydrogen-bond acceptors (Lipinski definition) is 6. The molecule has 0 bridgehead atoms. The van der Waals surface area contributed by atoms with Crippen molar-refractivity contribution in [1.82, 2.24) is 15.1 Å². The van der Waals surface area contributed by atoms with Crippen LogP contribution in [0.15, 0.2) is 48.5 Å². The molecule has 3 amide bonds. The number of nitrogens with one attached hydrogen (secondary N) is 1. The van der Waals surface area contributed by atoms with Crippen LogP contribution in [-0.4, -0.2) is 87.1 Å². The highest BCUT2D eigenvalue weighted by molar-refractivity contribution is 6.01. The number of ether oxygens (including phenoxy) is 2. The van der Waals surface area contributed by atoms with Gasteiger partial charge in [0.05, 0.1) is 26.2 Å². The lowest BCUT2D eigenvalue weighted by atomic mass is 10.0. The molecule has 0 spiro atoms. The Morgan fingerprint density at radius 3 is 2.32 bits per heavy atom. The molecule has 2 aromatic carbocycles. The smallest absolute Gasteiger partial charge is 0.258 e. The van der Waals surface area contributed by atoms with E-state index in [1.165, 1.54) is 12.0 Å². The summed E-state index contributed by atoms with van der Waals surface area (Å²) in [7, 11) is 3.14. The molecule has 2 aliphatic rings. The zero-order chi connectivity index (χ0) is 24.1. The average Bonchev–Trinajstić information content (AvgIpc) is 2.89. The molecule has 0 saturated carbocycles. The number of amides is 3. The van der Waals surface area contributed by atoms with Gasteiger partial charge in [0.2, 0.25) is 11.8 Å². The van der Waals surface area contributed by atoms with Crippen LogP contribution in [0.25, 0.3) is 0 Å². The summed E-state index contributed by atoms with van der Waals surface area (Å²) in [5, 5.41) is 2.79. The number of rotatable bonds is 6. The second-order valence-electron chi connectivity index (χ2n) is 8.28. The number of carbonyl (C=O) groups excluding carboxylic acids is 3. The second-order valence-corrected chi connectivity index (χ2v) is 8.28. The number of methoxy groups -OCH3 is 2. The SMILES string of the molecule is COc1ccc(N2CCN(C(=O)C[C@@H]3C(=O)NCCN3C(=O)c3ccccc3OC)CC2)cc1. The zero-order valence-corrected chi connectivity index (χ0v) is 19.5. The van der Waals surface area contributed by atoms with E-state index in [0.717, 1.165) is 11.4 Å². The van der Waals surface area contributed by atoms with Crippen LogP contribution in [0.5, 0.6) is 11.5 Å². The Morgan fingerprint density at radius 2 is 1.65 bits per heavy atom. The fraction of sp³-hybridized carbons (Fsp3) is 0.400. The summed E-state index contributed by atoms with van der Waals surface area (Å²) in [4.78, 5) is 44.5. The molecule has 0 radical (unpaired) electrons. The molecule has 2 fully saturated rings. The first-order valence-electron chi connectivity index (χ1n) is 11.4. The van der Waals surface area contributed by atoms with Crippen molar-refractivity contribution in [2.75, 3.05) is 58.4 Å². The Morgan fingerprint density at radius 1 is 0.941 bits per heavy atom.